The van der Waals surface area contributed by atoms with Crippen LogP contribution in [0.4, 0.5) is 13.0 Å². The number of benzene rings is 2. The number of aliphatic hydroxyl groups excluding tert-OH is 1. The third-order valence-corrected chi connectivity index (χ3v) is 5.22. The molecule has 0 spiro atoms. The summed E-state index contributed by atoms with van der Waals surface area (Å²) in [4.78, 5) is 0. The standard InChI is InChI=1S/C16H14F3O2P/c1-2-21-13-6-5-11-10-4-3-9(7-20)14(17)12(10)8-22(19)16(11)15(13)18/h3-6,20H,2,7-8H2,1H3. The predicted molar refractivity (Wildman–Crippen MR) is 80.3 cm³/mol. The number of rotatable bonds is 3. The van der Waals surface area contributed by atoms with Gasteiger partial charge in [0.25, 0.3) is 0 Å². The minimum Gasteiger partial charge on any atom is -0.491 e. The van der Waals surface area contributed by atoms with Gasteiger partial charge in [-0.3, -0.25) is 0 Å². The van der Waals surface area contributed by atoms with Crippen LogP contribution in [0.15, 0.2) is 24.3 Å². The monoisotopic (exact) mass is 326 g/mol. The average molecular weight is 326 g/mol. The molecule has 0 fully saturated rings. The van der Waals surface area contributed by atoms with Crippen molar-refractivity contribution in [2.45, 2.75) is 19.7 Å². The van der Waals surface area contributed by atoms with Crippen LogP contribution >= 0.6 is 8.23 Å². The Kier molecular flexibility index (Phi) is 4.11. The number of hydrogen-bond acceptors (Lipinski definition) is 2. The number of aliphatic hydroxyl groups is 1. The molecule has 6 heteroatoms. The lowest BCUT2D eigenvalue weighted by atomic mass is 9.97. The molecule has 1 N–H and O–H groups in total. The predicted octanol–water partition coefficient (Wildman–Crippen LogP) is 4.03. The van der Waals surface area contributed by atoms with Gasteiger partial charge in [-0.1, -0.05) is 12.1 Å². The second-order valence-corrected chi connectivity index (χ2v) is 6.44. The molecule has 1 atom stereocenters. The first-order valence-electron chi connectivity index (χ1n) is 6.88. The van der Waals surface area contributed by atoms with Crippen LogP contribution in [0.1, 0.15) is 18.1 Å². The number of ether oxygens (including phenoxy) is 1. The van der Waals surface area contributed by atoms with E-state index in [-0.39, 0.29) is 34.9 Å². The largest absolute Gasteiger partial charge is 0.491 e. The highest BCUT2D eigenvalue weighted by Crippen LogP contribution is 2.51. The molecule has 0 saturated carbocycles. The van der Waals surface area contributed by atoms with E-state index in [4.69, 9.17) is 9.84 Å². The summed E-state index contributed by atoms with van der Waals surface area (Å²) in [5.74, 6) is -1.29. The summed E-state index contributed by atoms with van der Waals surface area (Å²) in [6.07, 6.45) is -0.191. The van der Waals surface area contributed by atoms with Gasteiger partial charge in [-0.15, -0.1) is 0 Å². The van der Waals surface area contributed by atoms with E-state index in [1.54, 1.807) is 19.1 Å². The van der Waals surface area contributed by atoms with Crippen molar-refractivity contribution < 1.29 is 22.8 Å². The second-order valence-electron chi connectivity index (χ2n) is 4.95. The van der Waals surface area contributed by atoms with Gasteiger partial charge in [0.15, 0.2) is 11.6 Å². The van der Waals surface area contributed by atoms with Gasteiger partial charge < -0.3 is 9.84 Å². The van der Waals surface area contributed by atoms with Crippen molar-refractivity contribution in [1.29, 1.82) is 0 Å². The van der Waals surface area contributed by atoms with Crippen LogP contribution in [-0.2, 0) is 12.8 Å². The molecule has 22 heavy (non-hydrogen) atoms. The molecule has 116 valence electrons. The lowest BCUT2D eigenvalue weighted by Gasteiger charge is -2.25. The van der Waals surface area contributed by atoms with Gasteiger partial charge in [-0.05, 0) is 30.2 Å². The van der Waals surface area contributed by atoms with E-state index in [2.05, 4.69) is 0 Å². The molecule has 2 aromatic carbocycles. The summed E-state index contributed by atoms with van der Waals surface area (Å²) in [5.41, 5.74) is 1.16. The van der Waals surface area contributed by atoms with Crippen molar-refractivity contribution in [1.82, 2.24) is 0 Å². The Labute approximate surface area is 127 Å². The molecule has 1 heterocycles. The van der Waals surface area contributed by atoms with E-state index in [9.17, 15) is 13.0 Å². The third-order valence-electron chi connectivity index (χ3n) is 3.70. The van der Waals surface area contributed by atoms with Crippen LogP contribution in [0, 0.1) is 11.6 Å². The smallest absolute Gasteiger partial charge is 0.175 e. The maximum absolute atomic E-state index is 14.5. The number of hydrogen-bond donors (Lipinski definition) is 1. The molecular formula is C16H14F3O2P. The van der Waals surface area contributed by atoms with Crippen LogP contribution in [0.25, 0.3) is 11.1 Å². The maximum atomic E-state index is 14.5. The fourth-order valence-electron chi connectivity index (χ4n) is 2.68. The summed E-state index contributed by atoms with van der Waals surface area (Å²) >= 11 is 0. The molecule has 0 bridgehead atoms. The zero-order chi connectivity index (χ0) is 15.9. The normalized spacial score (nSPS) is 16.1. The van der Waals surface area contributed by atoms with E-state index in [0.717, 1.165) is 0 Å². The average Bonchev–Trinajstić information content (AvgIpc) is 2.51. The van der Waals surface area contributed by atoms with E-state index in [1.165, 1.54) is 12.1 Å². The van der Waals surface area contributed by atoms with Gasteiger partial charge in [0.1, 0.15) is 14.0 Å². The van der Waals surface area contributed by atoms with Crippen molar-refractivity contribution >= 4 is 13.5 Å². The van der Waals surface area contributed by atoms with Crippen molar-refractivity contribution in [2.24, 2.45) is 0 Å². The van der Waals surface area contributed by atoms with Crippen LogP contribution in [0.3, 0.4) is 0 Å². The van der Waals surface area contributed by atoms with E-state index in [0.29, 0.717) is 11.1 Å². The summed E-state index contributed by atoms with van der Waals surface area (Å²) in [5, 5.41) is 9.09. The van der Waals surface area contributed by atoms with Gasteiger partial charge in [0, 0.05) is 17.3 Å². The molecule has 2 aromatic rings. The highest BCUT2D eigenvalue weighted by atomic mass is 31.2. The Balaban J connectivity index is 2.22. The maximum Gasteiger partial charge on any atom is 0.175 e. The first-order valence-corrected chi connectivity index (χ1v) is 8.30. The van der Waals surface area contributed by atoms with Gasteiger partial charge in [0.05, 0.1) is 18.5 Å². The Morgan fingerprint density at radius 3 is 2.55 bits per heavy atom. The van der Waals surface area contributed by atoms with Crippen LogP contribution in [-0.4, -0.2) is 11.7 Å². The summed E-state index contributed by atoms with van der Waals surface area (Å²) in [7, 11) is -2.35. The van der Waals surface area contributed by atoms with Crippen molar-refractivity contribution in [3.8, 4) is 16.9 Å². The highest BCUT2D eigenvalue weighted by molar-refractivity contribution is 7.60. The quantitative estimate of drug-likeness (QED) is 0.863. The number of fused-ring (bicyclic) bond motifs is 3. The molecule has 1 aliphatic heterocycles. The first-order chi connectivity index (χ1) is 10.6. The van der Waals surface area contributed by atoms with Crippen LogP contribution in [0.2, 0.25) is 0 Å². The highest BCUT2D eigenvalue weighted by Gasteiger charge is 2.32. The van der Waals surface area contributed by atoms with Gasteiger partial charge in [-0.2, -0.15) is 0 Å². The van der Waals surface area contributed by atoms with Gasteiger partial charge in [-0.25, -0.2) is 13.0 Å². The molecule has 2 nitrogen and oxygen atoms in total. The molecule has 1 aliphatic rings. The van der Waals surface area contributed by atoms with Crippen molar-refractivity contribution in [3.05, 3.63) is 47.0 Å². The molecule has 0 saturated heterocycles. The van der Waals surface area contributed by atoms with Crippen LogP contribution in [0.5, 0.6) is 5.75 Å². The second kappa shape index (κ2) is 5.90. The Hall–Kier alpha value is -1.58. The number of halogens is 3. The van der Waals surface area contributed by atoms with E-state index < -0.39 is 26.5 Å². The lowest BCUT2D eigenvalue weighted by molar-refractivity contribution is 0.275. The fourth-order valence-corrected chi connectivity index (χ4v) is 4.21. The van der Waals surface area contributed by atoms with Crippen LogP contribution < -0.4 is 10.0 Å². The molecule has 3 rings (SSSR count). The zero-order valence-corrected chi connectivity index (χ0v) is 12.8. The SMILES string of the molecule is CCOc1ccc2c(c1F)P(F)Cc1c-2ccc(CO)c1F. The molecule has 1 unspecified atom stereocenters. The van der Waals surface area contributed by atoms with E-state index in [1.807, 2.05) is 0 Å². The van der Waals surface area contributed by atoms with Gasteiger partial charge in [0.2, 0.25) is 0 Å². The third kappa shape index (κ3) is 2.29. The van der Waals surface area contributed by atoms with Gasteiger partial charge >= 0.3 is 0 Å². The fraction of sp³-hybridized carbons (Fsp3) is 0.250. The topological polar surface area (TPSA) is 29.5 Å². The molecule has 0 aromatic heterocycles. The molecule has 0 radical (unpaired) electrons. The molecule has 0 aliphatic carbocycles. The zero-order valence-electron chi connectivity index (χ0n) is 11.9. The minimum absolute atomic E-state index is 0.0160. The van der Waals surface area contributed by atoms with E-state index >= 15 is 0 Å². The Morgan fingerprint density at radius 1 is 1.14 bits per heavy atom. The molecular weight excluding hydrogens is 312 g/mol. The minimum atomic E-state index is -2.35. The first kappa shape index (κ1) is 15.3. The summed E-state index contributed by atoms with van der Waals surface area (Å²) in [6.45, 7) is 1.55. The molecule has 0 amide bonds. The summed E-state index contributed by atoms with van der Waals surface area (Å²) < 4.78 is 48.4. The van der Waals surface area contributed by atoms with Crippen molar-refractivity contribution in [2.75, 3.05) is 6.61 Å². The van der Waals surface area contributed by atoms with Crippen molar-refractivity contribution in [3.63, 3.8) is 0 Å². The Bertz CT molecular complexity index is 734. The Morgan fingerprint density at radius 2 is 1.86 bits per heavy atom. The summed E-state index contributed by atoms with van der Waals surface area (Å²) in [6, 6.07) is 6.05. The lowest BCUT2D eigenvalue weighted by Crippen LogP contribution is -2.18.